The van der Waals surface area contributed by atoms with E-state index in [9.17, 15) is 19.1 Å². The molecule has 0 saturated heterocycles. The number of hydrogen-bond acceptors (Lipinski definition) is 5. The molecule has 1 rings (SSSR count). The molecule has 0 saturated carbocycles. The molecule has 0 aliphatic rings. The van der Waals surface area contributed by atoms with E-state index < -0.39 is 23.3 Å². The second-order valence-electron chi connectivity index (χ2n) is 3.47. The first kappa shape index (κ1) is 18.2. The van der Waals surface area contributed by atoms with E-state index in [0.717, 1.165) is 12.1 Å². The molecule has 0 fully saturated rings. The number of halogens is 1. The number of hydrogen-bond donors (Lipinski definition) is 0. The zero-order valence-corrected chi connectivity index (χ0v) is 11.4. The Labute approximate surface area is 127 Å². The Morgan fingerprint density at radius 1 is 1.35 bits per heavy atom. The maximum atomic E-state index is 13.2. The summed E-state index contributed by atoms with van der Waals surface area (Å²) < 4.78 is 22.4. The monoisotopic (exact) mass is 274 g/mol. The molecule has 0 aliphatic heterocycles. The number of carbonyl (C=O) groups excluding carboxylic acids is 2. The zero-order valence-electron chi connectivity index (χ0n) is 11.4. The number of carbonyl (C=O) groups is 2. The van der Waals surface area contributed by atoms with Gasteiger partial charge in [-0.15, -0.1) is 0 Å². The van der Waals surface area contributed by atoms with Gasteiger partial charge in [0.15, 0.2) is 0 Å². The van der Waals surface area contributed by atoms with Crippen LogP contribution in [0.3, 0.4) is 0 Å². The van der Waals surface area contributed by atoms with Crippen LogP contribution < -0.4 is 28.7 Å². The van der Waals surface area contributed by atoms with Crippen LogP contribution in [0.25, 0.3) is 5.76 Å². The summed E-state index contributed by atoms with van der Waals surface area (Å²) in [6, 6.07) is 3.30. The average molecular weight is 274 g/mol. The van der Waals surface area contributed by atoms with Gasteiger partial charge < -0.3 is 14.6 Å². The first-order valence-corrected chi connectivity index (χ1v) is 5.42. The fourth-order valence-electron chi connectivity index (χ4n) is 1.29. The number of benzene rings is 1. The van der Waals surface area contributed by atoms with Gasteiger partial charge in [-0.05, 0) is 30.7 Å². The molecule has 0 heterocycles. The Morgan fingerprint density at radius 2 is 2.00 bits per heavy atom. The largest absolute Gasteiger partial charge is 1.00 e. The molecule has 102 valence electrons. The summed E-state index contributed by atoms with van der Waals surface area (Å²) in [5.74, 6) is -3.55. The molecular weight excluding hydrogens is 262 g/mol. The van der Waals surface area contributed by atoms with Crippen LogP contribution in [0.1, 0.15) is 12.5 Å². The van der Waals surface area contributed by atoms with Gasteiger partial charge in [0.1, 0.15) is 11.6 Å². The normalized spacial score (nSPS) is 10.4. The van der Waals surface area contributed by atoms with Crippen LogP contribution >= 0.6 is 0 Å². The smallest absolute Gasteiger partial charge is 0.872 e. The molecule has 0 amide bonds. The van der Waals surface area contributed by atoms with E-state index in [1.807, 2.05) is 0 Å². The van der Waals surface area contributed by atoms with Gasteiger partial charge in [-0.2, -0.15) is 0 Å². The van der Waals surface area contributed by atoms with Crippen LogP contribution in [-0.2, 0) is 14.3 Å². The van der Waals surface area contributed by atoms with Crippen molar-refractivity contribution in [1.82, 2.24) is 0 Å². The number of rotatable bonds is 5. The van der Waals surface area contributed by atoms with Crippen molar-refractivity contribution in [2.24, 2.45) is 0 Å². The predicted molar refractivity (Wildman–Crippen MR) is 62.6 cm³/mol. The van der Waals surface area contributed by atoms with Crippen LogP contribution in [0.5, 0.6) is 5.75 Å². The first-order chi connectivity index (χ1) is 8.97. The molecule has 0 radical (unpaired) electrons. The zero-order chi connectivity index (χ0) is 14.4. The van der Waals surface area contributed by atoms with Crippen LogP contribution in [-0.4, -0.2) is 25.5 Å². The summed E-state index contributed by atoms with van der Waals surface area (Å²) in [6.45, 7) is 1.56. The fraction of sp³-hybridized carbons (Fsp3) is 0.231. The van der Waals surface area contributed by atoms with E-state index in [0.29, 0.717) is 6.08 Å². The van der Waals surface area contributed by atoms with Gasteiger partial charge in [-0.3, -0.25) is 4.79 Å². The van der Waals surface area contributed by atoms with Crippen molar-refractivity contribution in [1.29, 1.82) is 0 Å². The van der Waals surface area contributed by atoms with Gasteiger partial charge in [0.2, 0.25) is 0 Å². The number of esters is 1. The fourth-order valence-corrected chi connectivity index (χ4v) is 1.29. The van der Waals surface area contributed by atoms with Gasteiger partial charge >= 0.3 is 24.8 Å². The summed E-state index contributed by atoms with van der Waals surface area (Å²) in [5, 5.41) is 11.7. The standard InChI is InChI=1S/C13H13FO5.Li/c1-3-19-13(17)12(16)7-11(15)8-4-9(14)6-10(5-8)18-2;/h4-7,15H,3H2,1-2H3;/q;+1/p-1/b11-7+;. The van der Waals surface area contributed by atoms with E-state index in [1.165, 1.54) is 20.1 Å². The molecule has 1 aromatic rings. The quantitative estimate of drug-likeness (QED) is 0.198. The third-order valence-corrected chi connectivity index (χ3v) is 2.13. The molecule has 0 atom stereocenters. The van der Waals surface area contributed by atoms with Crippen molar-refractivity contribution in [3.8, 4) is 5.75 Å². The van der Waals surface area contributed by atoms with E-state index in [1.54, 1.807) is 0 Å². The van der Waals surface area contributed by atoms with E-state index in [4.69, 9.17) is 4.74 Å². The third-order valence-electron chi connectivity index (χ3n) is 2.13. The maximum Gasteiger partial charge on any atom is 1.00 e. The van der Waals surface area contributed by atoms with E-state index in [-0.39, 0.29) is 36.8 Å². The molecule has 0 N–H and O–H groups in total. The molecular formula is C13H12FLiO5. The average Bonchev–Trinajstić information content (AvgIpc) is 2.38. The summed E-state index contributed by atoms with van der Waals surface area (Å²) in [7, 11) is 1.32. The van der Waals surface area contributed by atoms with Crippen molar-refractivity contribution in [2.45, 2.75) is 6.92 Å². The minimum Gasteiger partial charge on any atom is -0.872 e. The van der Waals surface area contributed by atoms with Crippen LogP contribution in [0.2, 0.25) is 0 Å². The Hall–Kier alpha value is -1.77. The minimum atomic E-state index is -1.13. The van der Waals surface area contributed by atoms with Gasteiger partial charge in [0.05, 0.1) is 13.7 Å². The van der Waals surface area contributed by atoms with Crippen molar-refractivity contribution in [2.75, 3.05) is 13.7 Å². The van der Waals surface area contributed by atoms with Crippen molar-refractivity contribution >= 4 is 17.5 Å². The number of methoxy groups -OCH3 is 1. The van der Waals surface area contributed by atoms with Crippen molar-refractivity contribution in [3.63, 3.8) is 0 Å². The summed E-state index contributed by atoms with van der Waals surface area (Å²) in [4.78, 5) is 22.3. The molecule has 0 unspecified atom stereocenters. The first-order valence-electron chi connectivity index (χ1n) is 5.42. The molecule has 0 bridgehead atoms. The van der Waals surface area contributed by atoms with Gasteiger partial charge in [-0.25, -0.2) is 9.18 Å². The maximum absolute atomic E-state index is 13.2. The predicted octanol–water partition coefficient (Wildman–Crippen LogP) is -2.33. The number of ketones is 1. The third kappa shape index (κ3) is 5.08. The van der Waals surface area contributed by atoms with Gasteiger partial charge in [0.25, 0.3) is 5.78 Å². The minimum absolute atomic E-state index is 0. The van der Waals surface area contributed by atoms with Crippen LogP contribution in [0.4, 0.5) is 4.39 Å². The van der Waals surface area contributed by atoms with Crippen LogP contribution in [0.15, 0.2) is 24.3 Å². The molecule has 0 aromatic heterocycles. The summed E-state index contributed by atoms with van der Waals surface area (Å²) in [5.41, 5.74) is -0.0884. The Morgan fingerprint density at radius 3 is 2.55 bits per heavy atom. The molecule has 0 aliphatic carbocycles. The molecule has 20 heavy (non-hydrogen) atoms. The Balaban J connectivity index is 0.00000361. The van der Waals surface area contributed by atoms with Crippen molar-refractivity contribution < 1.29 is 47.4 Å². The molecule has 7 heteroatoms. The molecule has 5 nitrogen and oxygen atoms in total. The van der Waals surface area contributed by atoms with Crippen LogP contribution in [0, 0.1) is 5.82 Å². The Kier molecular flexibility index (Phi) is 7.66. The summed E-state index contributed by atoms with van der Waals surface area (Å²) >= 11 is 0. The SMILES string of the molecule is CCOC(=O)C(=O)/C=C(/[O-])c1cc(F)cc(OC)c1.[Li+]. The second kappa shape index (κ2) is 8.41. The molecule has 0 spiro atoms. The summed E-state index contributed by atoms with van der Waals surface area (Å²) in [6.07, 6.45) is 0.562. The topological polar surface area (TPSA) is 75.7 Å². The molecule has 1 aromatic carbocycles. The second-order valence-corrected chi connectivity index (χ2v) is 3.47. The van der Waals surface area contributed by atoms with Gasteiger partial charge in [0, 0.05) is 6.07 Å². The number of ether oxygens (including phenoxy) is 2. The Bertz CT molecular complexity index is 527. The van der Waals surface area contributed by atoms with E-state index >= 15 is 0 Å². The van der Waals surface area contributed by atoms with Crippen molar-refractivity contribution in [3.05, 3.63) is 35.7 Å². The van der Waals surface area contributed by atoms with Gasteiger partial charge in [-0.1, -0.05) is 5.76 Å². The van der Waals surface area contributed by atoms with E-state index in [2.05, 4.69) is 4.74 Å².